The Bertz CT molecular complexity index is 524. The molecule has 0 radical (unpaired) electrons. The Morgan fingerprint density at radius 2 is 1.79 bits per heavy atom. The van der Waals surface area contributed by atoms with Gasteiger partial charge in [0.05, 0.1) is 12.1 Å². The van der Waals surface area contributed by atoms with Crippen LogP contribution >= 0.6 is 0 Å². The van der Waals surface area contributed by atoms with E-state index in [1.165, 1.54) is 11.1 Å². The Morgan fingerprint density at radius 1 is 1.05 bits per heavy atom. The molecule has 0 heterocycles. The minimum absolute atomic E-state index is 0.0723. The molecule has 1 unspecified atom stereocenters. The summed E-state index contributed by atoms with van der Waals surface area (Å²) in [5.41, 5.74) is 3.18. The van der Waals surface area contributed by atoms with Crippen molar-refractivity contribution in [3.8, 4) is 0 Å². The third-order valence-electron chi connectivity index (χ3n) is 3.49. The zero-order chi connectivity index (χ0) is 13.7. The fourth-order valence-corrected chi connectivity index (χ4v) is 2.17. The monoisotopic (exact) mass is 255 g/mol. The fourth-order valence-electron chi connectivity index (χ4n) is 2.17. The number of aryl methyl sites for hydroxylation is 1. The van der Waals surface area contributed by atoms with Gasteiger partial charge in [-0.3, -0.25) is 0 Å². The van der Waals surface area contributed by atoms with Gasteiger partial charge < -0.3 is 10.4 Å². The number of hydrogen-bond donors (Lipinski definition) is 2. The van der Waals surface area contributed by atoms with Gasteiger partial charge in [0.25, 0.3) is 0 Å². The van der Waals surface area contributed by atoms with Gasteiger partial charge in [0.2, 0.25) is 0 Å². The molecule has 19 heavy (non-hydrogen) atoms. The predicted molar refractivity (Wildman–Crippen MR) is 78.9 cm³/mol. The Morgan fingerprint density at radius 3 is 2.42 bits per heavy atom. The lowest BCUT2D eigenvalue weighted by Gasteiger charge is -2.29. The fraction of sp³-hybridized carbons (Fsp3) is 0.294. The number of benzene rings is 2. The maximum Gasteiger partial charge on any atom is 0.0652 e. The van der Waals surface area contributed by atoms with Gasteiger partial charge in [0.15, 0.2) is 0 Å². The summed E-state index contributed by atoms with van der Waals surface area (Å²) in [6.07, 6.45) is 0. The summed E-state index contributed by atoms with van der Waals surface area (Å²) in [5, 5.41) is 13.2. The van der Waals surface area contributed by atoms with Crippen molar-refractivity contribution < 1.29 is 5.11 Å². The molecule has 2 heteroatoms. The normalized spacial score (nSPS) is 14.1. The van der Waals surface area contributed by atoms with Crippen molar-refractivity contribution in [2.45, 2.75) is 25.9 Å². The van der Waals surface area contributed by atoms with Gasteiger partial charge in [-0.1, -0.05) is 60.2 Å². The number of rotatable bonds is 5. The molecule has 0 saturated heterocycles. The van der Waals surface area contributed by atoms with Crippen molar-refractivity contribution in [2.75, 3.05) is 6.61 Å². The van der Waals surface area contributed by atoms with Gasteiger partial charge in [-0.2, -0.15) is 0 Å². The van der Waals surface area contributed by atoms with E-state index < -0.39 is 5.54 Å². The zero-order valence-corrected chi connectivity index (χ0v) is 11.6. The molecule has 0 aliphatic heterocycles. The van der Waals surface area contributed by atoms with Gasteiger partial charge in [0, 0.05) is 6.54 Å². The molecule has 0 spiro atoms. The topological polar surface area (TPSA) is 32.3 Å². The summed E-state index contributed by atoms with van der Waals surface area (Å²) in [6, 6.07) is 18.5. The predicted octanol–water partition coefficient (Wildman–Crippen LogP) is 2.99. The highest BCUT2D eigenvalue weighted by molar-refractivity contribution is 5.26. The van der Waals surface area contributed by atoms with Crippen molar-refractivity contribution >= 4 is 0 Å². The van der Waals surface area contributed by atoms with E-state index in [2.05, 4.69) is 36.5 Å². The van der Waals surface area contributed by atoms with Gasteiger partial charge in [-0.25, -0.2) is 0 Å². The van der Waals surface area contributed by atoms with Crippen LogP contribution < -0.4 is 5.32 Å². The summed E-state index contributed by atoms with van der Waals surface area (Å²) in [7, 11) is 0. The molecule has 0 fully saturated rings. The van der Waals surface area contributed by atoms with Crippen LogP contribution in [0.1, 0.15) is 23.6 Å². The van der Waals surface area contributed by atoms with E-state index in [1.54, 1.807) is 0 Å². The Kier molecular flexibility index (Phi) is 4.35. The number of hydrogen-bond acceptors (Lipinski definition) is 2. The summed E-state index contributed by atoms with van der Waals surface area (Å²) in [6.45, 7) is 4.93. The third-order valence-corrected chi connectivity index (χ3v) is 3.49. The second kappa shape index (κ2) is 6.00. The quantitative estimate of drug-likeness (QED) is 0.861. The second-order valence-electron chi connectivity index (χ2n) is 5.20. The first-order chi connectivity index (χ1) is 9.14. The van der Waals surface area contributed by atoms with E-state index in [9.17, 15) is 5.11 Å². The van der Waals surface area contributed by atoms with Crippen LogP contribution in [0.2, 0.25) is 0 Å². The lowest BCUT2D eigenvalue weighted by atomic mass is 9.92. The lowest BCUT2D eigenvalue weighted by Crippen LogP contribution is -2.42. The van der Waals surface area contributed by atoms with Crippen LogP contribution in [0.5, 0.6) is 0 Å². The molecule has 2 rings (SSSR count). The van der Waals surface area contributed by atoms with Crippen LogP contribution in [-0.2, 0) is 12.1 Å². The van der Waals surface area contributed by atoms with Crippen molar-refractivity contribution in [3.63, 3.8) is 0 Å². The smallest absolute Gasteiger partial charge is 0.0652 e. The van der Waals surface area contributed by atoms with E-state index in [0.29, 0.717) is 0 Å². The van der Waals surface area contributed by atoms with Crippen molar-refractivity contribution in [2.24, 2.45) is 0 Å². The van der Waals surface area contributed by atoms with E-state index >= 15 is 0 Å². The molecule has 0 saturated carbocycles. The van der Waals surface area contributed by atoms with Crippen molar-refractivity contribution in [1.82, 2.24) is 5.32 Å². The van der Waals surface area contributed by atoms with Crippen LogP contribution in [0.3, 0.4) is 0 Å². The first-order valence-electron chi connectivity index (χ1n) is 6.61. The van der Waals surface area contributed by atoms with Gasteiger partial charge >= 0.3 is 0 Å². The molecule has 2 aromatic carbocycles. The lowest BCUT2D eigenvalue weighted by molar-refractivity contribution is 0.173. The standard InChI is InChI=1S/C17H21NO/c1-14-7-6-8-15(11-14)12-18-17(2,13-19)16-9-4-3-5-10-16/h3-11,18-19H,12-13H2,1-2H3. The zero-order valence-electron chi connectivity index (χ0n) is 11.6. The summed E-state index contributed by atoms with van der Waals surface area (Å²) in [4.78, 5) is 0. The number of nitrogens with one attached hydrogen (secondary N) is 1. The van der Waals surface area contributed by atoms with Crippen LogP contribution in [0.25, 0.3) is 0 Å². The highest BCUT2D eigenvalue weighted by Gasteiger charge is 2.24. The van der Waals surface area contributed by atoms with Gasteiger partial charge in [-0.15, -0.1) is 0 Å². The third kappa shape index (κ3) is 3.43. The molecule has 2 nitrogen and oxygen atoms in total. The second-order valence-corrected chi connectivity index (χ2v) is 5.20. The van der Waals surface area contributed by atoms with Crippen LogP contribution in [0.4, 0.5) is 0 Å². The summed E-state index contributed by atoms with van der Waals surface area (Å²) in [5.74, 6) is 0. The van der Waals surface area contributed by atoms with E-state index in [4.69, 9.17) is 0 Å². The van der Waals surface area contributed by atoms with Crippen LogP contribution in [0.15, 0.2) is 54.6 Å². The average molecular weight is 255 g/mol. The first kappa shape index (κ1) is 13.8. The van der Waals surface area contributed by atoms with Gasteiger partial charge in [-0.05, 0) is 25.0 Å². The SMILES string of the molecule is Cc1cccc(CNC(C)(CO)c2ccccc2)c1. The minimum atomic E-state index is -0.412. The van der Waals surface area contributed by atoms with Crippen LogP contribution in [-0.4, -0.2) is 11.7 Å². The summed E-state index contributed by atoms with van der Waals surface area (Å²) < 4.78 is 0. The van der Waals surface area contributed by atoms with Crippen molar-refractivity contribution in [3.05, 3.63) is 71.3 Å². The first-order valence-corrected chi connectivity index (χ1v) is 6.61. The molecule has 0 aliphatic carbocycles. The Balaban J connectivity index is 2.11. The largest absolute Gasteiger partial charge is 0.394 e. The highest BCUT2D eigenvalue weighted by atomic mass is 16.3. The minimum Gasteiger partial charge on any atom is -0.394 e. The van der Waals surface area contributed by atoms with Crippen LogP contribution in [0, 0.1) is 6.92 Å². The maximum absolute atomic E-state index is 9.71. The highest BCUT2D eigenvalue weighted by Crippen LogP contribution is 2.20. The molecule has 2 N–H and O–H groups in total. The maximum atomic E-state index is 9.71. The summed E-state index contributed by atoms with van der Waals surface area (Å²) >= 11 is 0. The Labute approximate surface area is 115 Å². The van der Waals surface area contributed by atoms with E-state index in [1.807, 2.05) is 37.3 Å². The molecule has 1 atom stereocenters. The molecule has 2 aromatic rings. The van der Waals surface area contributed by atoms with E-state index in [-0.39, 0.29) is 6.61 Å². The van der Waals surface area contributed by atoms with Gasteiger partial charge in [0.1, 0.15) is 0 Å². The molecule has 0 bridgehead atoms. The van der Waals surface area contributed by atoms with E-state index in [0.717, 1.165) is 12.1 Å². The Hall–Kier alpha value is -1.64. The molecule has 0 amide bonds. The van der Waals surface area contributed by atoms with Crippen molar-refractivity contribution in [1.29, 1.82) is 0 Å². The molecule has 0 aromatic heterocycles. The molecule has 0 aliphatic rings. The number of aliphatic hydroxyl groups excluding tert-OH is 1. The molecular formula is C17H21NO. The number of aliphatic hydroxyl groups is 1. The average Bonchev–Trinajstić information content (AvgIpc) is 2.46. The molecular weight excluding hydrogens is 234 g/mol. The molecule has 100 valence electrons.